The second-order valence-corrected chi connectivity index (χ2v) is 6.86. The van der Waals surface area contributed by atoms with Crippen LogP contribution in [0.3, 0.4) is 0 Å². The summed E-state index contributed by atoms with van der Waals surface area (Å²) in [7, 11) is 1.69. The molecule has 1 aromatic carbocycles. The summed E-state index contributed by atoms with van der Waals surface area (Å²) in [4.78, 5) is 0. The van der Waals surface area contributed by atoms with Gasteiger partial charge in [-0.15, -0.1) is 0 Å². The number of hydrogen-bond donors (Lipinski definition) is 1. The first-order valence-corrected chi connectivity index (χ1v) is 11.0. The fraction of sp³-hybridized carbons (Fsp3) is 0.750. The van der Waals surface area contributed by atoms with Gasteiger partial charge in [-0.3, -0.25) is 0 Å². The molecule has 0 spiro atoms. The van der Waals surface area contributed by atoms with Gasteiger partial charge in [0.15, 0.2) is 0 Å². The van der Waals surface area contributed by atoms with Crippen LogP contribution in [0.2, 0.25) is 0 Å². The van der Waals surface area contributed by atoms with Crippen molar-refractivity contribution in [3.8, 4) is 5.75 Å². The van der Waals surface area contributed by atoms with Crippen molar-refractivity contribution < 1.29 is 4.74 Å². The summed E-state index contributed by atoms with van der Waals surface area (Å²) in [5.41, 5.74) is 7.57. The van der Waals surface area contributed by atoms with Crippen molar-refractivity contribution in [2.75, 3.05) is 13.7 Å². The van der Waals surface area contributed by atoms with Crippen LogP contribution in [0.5, 0.6) is 5.75 Å². The van der Waals surface area contributed by atoms with Crippen LogP contribution in [0.1, 0.15) is 98.5 Å². The Morgan fingerprint density at radius 3 is 1.81 bits per heavy atom. The molecule has 1 fully saturated rings. The third-order valence-electron chi connectivity index (χ3n) is 4.76. The number of methoxy groups -OCH3 is 1. The summed E-state index contributed by atoms with van der Waals surface area (Å²) in [6, 6.07) is 8.24. The molecule has 0 aliphatic heterocycles. The van der Waals surface area contributed by atoms with Crippen molar-refractivity contribution in [3.63, 3.8) is 0 Å². The van der Waals surface area contributed by atoms with Crippen LogP contribution < -0.4 is 10.5 Å². The Labute approximate surface area is 164 Å². The third-order valence-corrected chi connectivity index (χ3v) is 4.76. The van der Waals surface area contributed by atoms with Crippen molar-refractivity contribution in [3.05, 3.63) is 29.8 Å². The highest BCUT2D eigenvalue weighted by Crippen LogP contribution is 2.36. The number of aryl methyl sites for hydroxylation is 1. The third kappa shape index (κ3) is 13.2. The Balaban J connectivity index is 0. The van der Waals surface area contributed by atoms with E-state index in [-0.39, 0.29) is 0 Å². The van der Waals surface area contributed by atoms with Gasteiger partial charge in [-0.25, -0.2) is 0 Å². The molecule has 26 heavy (non-hydrogen) atoms. The highest BCUT2D eigenvalue weighted by molar-refractivity contribution is 5.27. The quantitative estimate of drug-likeness (QED) is 0.552. The maximum absolute atomic E-state index is 5.60. The summed E-state index contributed by atoms with van der Waals surface area (Å²) in [6.45, 7) is 13.5. The molecule has 0 aromatic heterocycles. The first-order chi connectivity index (χ1) is 12.6. The van der Waals surface area contributed by atoms with Gasteiger partial charge in [0.1, 0.15) is 5.75 Å². The van der Waals surface area contributed by atoms with Gasteiger partial charge in [0.05, 0.1) is 7.11 Å². The standard InChI is InChI=1S/C10H21N.C10H14O.2C2H6/c1-10(8-9-11)6-4-2-3-5-7-10;1-3-4-9-5-7-10(11-2)8-6-9;2*1-2/h2-9,11H2,1H3;5-8H,3-4H2,1-2H3;2*1-2H3. The predicted octanol–water partition coefficient (Wildman–Crippen LogP) is 7.40. The zero-order valence-corrected chi connectivity index (χ0v) is 18.9. The number of benzene rings is 1. The van der Waals surface area contributed by atoms with Gasteiger partial charge in [-0.05, 0) is 55.3 Å². The first-order valence-electron chi connectivity index (χ1n) is 11.0. The van der Waals surface area contributed by atoms with Crippen LogP contribution >= 0.6 is 0 Å². The van der Waals surface area contributed by atoms with Crippen molar-refractivity contribution in [2.24, 2.45) is 11.1 Å². The second kappa shape index (κ2) is 18.8. The molecule has 1 aliphatic rings. The van der Waals surface area contributed by atoms with Gasteiger partial charge >= 0.3 is 0 Å². The lowest BCUT2D eigenvalue weighted by Crippen LogP contribution is -2.19. The zero-order valence-electron chi connectivity index (χ0n) is 18.9. The molecule has 2 N–H and O–H groups in total. The van der Waals surface area contributed by atoms with E-state index in [0.29, 0.717) is 5.41 Å². The highest BCUT2D eigenvalue weighted by Gasteiger charge is 2.23. The lowest BCUT2D eigenvalue weighted by molar-refractivity contribution is 0.259. The van der Waals surface area contributed by atoms with E-state index in [1.165, 1.54) is 56.9 Å². The van der Waals surface area contributed by atoms with Crippen molar-refractivity contribution in [2.45, 2.75) is 99.3 Å². The number of nitrogens with two attached hydrogens (primary N) is 1. The second-order valence-electron chi connectivity index (χ2n) is 6.86. The molecule has 1 aromatic rings. The van der Waals surface area contributed by atoms with Crippen molar-refractivity contribution >= 4 is 0 Å². The van der Waals surface area contributed by atoms with Crippen LogP contribution in [0.15, 0.2) is 24.3 Å². The molecular formula is C24H47NO. The SMILES string of the molecule is CC.CC.CC1(CCN)CCCCCC1.CCCc1ccc(OC)cc1. The molecule has 1 aliphatic carbocycles. The Morgan fingerprint density at radius 2 is 1.42 bits per heavy atom. The van der Waals surface area contributed by atoms with E-state index in [1.54, 1.807) is 7.11 Å². The van der Waals surface area contributed by atoms with E-state index in [4.69, 9.17) is 10.5 Å². The van der Waals surface area contributed by atoms with E-state index in [9.17, 15) is 0 Å². The van der Waals surface area contributed by atoms with Crippen molar-refractivity contribution in [1.29, 1.82) is 0 Å². The summed E-state index contributed by atoms with van der Waals surface area (Å²) in [5, 5.41) is 0. The normalized spacial score (nSPS) is 14.9. The van der Waals surface area contributed by atoms with Gasteiger partial charge in [0, 0.05) is 0 Å². The zero-order chi connectivity index (χ0) is 20.3. The molecule has 1 saturated carbocycles. The Morgan fingerprint density at radius 1 is 0.923 bits per heavy atom. The van der Waals surface area contributed by atoms with Crippen LogP contribution in [-0.2, 0) is 6.42 Å². The molecule has 2 heteroatoms. The molecule has 0 bridgehead atoms. The summed E-state index contributed by atoms with van der Waals surface area (Å²) >= 11 is 0. The molecule has 0 unspecified atom stereocenters. The summed E-state index contributed by atoms with van der Waals surface area (Å²) < 4.78 is 5.05. The van der Waals surface area contributed by atoms with Crippen LogP contribution in [0.4, 0.5) is 0 Å². The summed E-state index contributed by atoms with van der Waals surface area (Å²) in [6.07, 6.45) is 12.1. The number of ether oxygens (including phenoxy) is 1. The van der Waals surface area contributed by atoms with E-state index in [0.717, 1.165) is 18.7 Å². The smallest absolute Gasteiger partial charge is 0.118 e. The van der Waals surface area contributed by atoms with E-state index in [1.807, 2.05) is 39.8 Å². The number of rotatable bonds is 5. The van der Waals surface area contributed by atoms with Gasteiger partial charge in [0.2, 0.25) is 0 Å². The van der Waals surface area contributed by atoms with E-state index in [2.05, 4.69) is 26.0 Å². The maximum atomic E-state index is 5.60. The van der Waals surface area contributed by atoms with Crippen molar-refractivity contribution in [1.82, 2.24) is 0 Å². The maximum Gasteiger partial charge on any atom is 0.118 e. The predicted molar refractivity (Wildman–Crippen MR) is 119 cm³/mol. The molecular weight excluding hydrogens is 318 g/mol. The van der Waals surface area contributed by atoms with Crippen LogP contribution in [-0.4, -0.2) is 13.7 Å². The molecule has 0 saturated heterocycles. The van der Waals surface area contributed by atoms with Gasteiger partial charge in [-0.1, -0.05) is 85.8 Å². The average Bonchev–Trinajstić information content (AvgIpc) is 2.91. The minimum Gasteiger partial charge on any atom is -0.497 e. The Bertz CT molecular complexity index is 378. The molecule has 0 heterocycles. The number of hydrogen-bond acceptors (Lipinski definition) is 2. The van der Waals surface area contributed by atoms with E-state index < -0.39 is 0 Å². The molecule has 0 atom stereocenters. The Kier molecular flexibility index (Phi) is 19.6. The van der Waals surface area contributed by atoms with Gasteiger partial charge in [0.25, 0.3) is 0 Å². The lowest BCUT2D eigenvalue weighted by Gasteiger charge is -2.27. The monoisotopic (exact) mass is 365 g/mol. The fourth-order valence-corrected chi connectivity index (χ4v) is 3.26. The van der Waals surface area contributed by atoms with Gasteiger partial charge in [-0.2, -0.15) is 0 Å². The van der Waals surface area contributed by atoms with Crippen LogP contribution in [0, 0.1) is 5.41 Å². The highest BCUT2D eigenvalue weighted by atomic mass is 16.5. The molecule has 2 rings (SSSR count). The first kappa shape index (κ1) is 27.2. The molecule has 0 amide bonds. The summed E-state index contributed by atoms with van der Waals surface area (Å²) in [5.74, 6) is 0.935. The molecule has 154 valence electrons. The largest absolute Gasteiger partial charge is 0.497 e. The van der Waals surface area contributed by atoms with Gasteiger partial charge < -0.3 is 10.5 Å². The van der Waals surface area contributed by atoms with E-state index >= 15 is 0 Å². The topological polar surface area (TPSA) is 35.2 Å². The molecule has 0 radical (unpaired) electrons. The average molecular weight is 366 g/mol. The minimum absolute atomic E-state index is 0.589. The minimum atomic E-state index is 0.589. The lowest BCUT2D eigenvalue weighted by atomic mass is 9.80. The Hall–Kier alpha value is -1.02. The fourth-order valence-electron chi connectivity index (χ4n) is 3.26. The van der Waals surface area contributed by atoms with Crippen LogP contribution in [0.25, 0.3) is 0 Å². The molecule has 2 nitrogen and oxygen atoms in total.